The van der Waals surface area contributed by atoms with Crippen LogP contribution in [0.25, 0.3) is 0 Å². The lowest BCUT2D eigenvalue weighted by Gasteiger charge is -2.17. The number of hydrogen-bond acceptors (Lipinski definition) is 3. The average molecular weight is 323 g/mol. The minimum Gasteiger partial charge on any atom is -0.354 e. The van der Waals surface area contributed by atoms with Crippen LogP contribution in [0.4, 0.5) is 0 Å². The molecule has 0 spiro atoms. The number of benzene rings is 1. The molecule has 2 aromatic rings. The van der Waals surface area contributed by atoms with E-state index in [0.29, 0.717) is 18.9 Å². The van der Waals surface area contributed by atoms with Gasteiger partial charge >= 0.3 is 0 Å². The van der Waals surface area contributed by atoms with Crippen molar-refractivity contribution in [3.05, 3.63) is 65.5 Å². The van der Waals surface area contributed by atoms with Crippen molar-refractivity contribution in [3.63, 3.8) is 0 Å². The highest BCUT2D eigenvalue weighted by Crippen LogP contribution is 2.28. The molecule has 1 aromatic carbocycles. The van der Waals surface area contributed by atoms with Crippen LogP contribution in [-0.2, 0) is 11.2 Å². The van der Waals surface area contributed by atoms with Crippen molar-refractivity contribution in [2.45, 2.75) is 25.7 Å². The third-order valence-corrected chi connectivity index (χ3v) is 4.72. The number of rotatable bonds is 6. The van der Waals surface area contributed by atoms with Crippen LogP contribution < -0.4 is 5.32 Å². The summed E-state index contributed by atoms with van der Waals surface area (Å²) >= 11 is 0. The number of aromatic nitrogens is 1. The molecule has 0 radical (unpaired) electrons. The van der Waals surface area contributed by atoms with E-state index in [2.05, 4.69) is 46.4 Å². The van der Waals surface area contributed by atoms with E-state index >= 15 is 0 Å². The first kappa shape index (κ1) is 16.7. The highest BCUT2D eigenvalue weighted by Gasteiger charge is 2.24. The van der Waals surface area contributed by atoms with Gasteiger partial charge < -0.3 is 10.2 Å². The van der Waals surface area contributed by atoms with Crippen LogP contribution in [0.2, 0.25) is 0 Å². The number of carbonyl (C=O) groups excluding carboxylic acids is 1. The fourth-order valence-electron chi connectivity index (χ4n) is 3.42. The normalized spacial score (nSPS) is 17.8. The van der Waals surface area contributed by atoms with Crippen LogP contribution in [0, 0.1) is 6.92 Å². The zero-order valence-electron chi connectivity index (χ0n) is 14.2. The molecule has 1 aromatic heterocycles. The summed E-state index contributed by atoms with van der Waals surface area (Å²) in [6.45, 7) is 5.99. The van der Waals surface area contributed by atoms with Crippen molar-refractivity contribution in [2.75, 3.05) is 26.2 Å². The van der Waals surface area contributed by atoms with Crippen LogP contribution >= 0.6 is 0 Å². The summed E-state index contributed by atoms with van der Waals surface area (Å²) in [4.78, 5) is 18.6. The van der Waals surface area contributed by atoms with Gasteiger partial charge in [0.2, 0.25) is 5.91 Å². The zero-order valence-corrected chi connectivity index (χ0v) is 14.2. The SMILES string of the molecule is Cc1ccccc1[C@@H]1CCN(CCNC(=O)Cc2ccccn2)C1. The first-order chi connectivity index (χ1) is 11.7. The van der Waals surface area contributed by atoms with Crippen LogP contribution in [0.5, 0.6) is 0 Å². The minimum absolute atomic E-state index is 0.0448. The number of nitrogens with zero attached hydrogens (tertiary/aromatic N) is 2. The van der Waals surface area contributed by atoms with E-state index in [1.54, 1.807) is 6.20 Å². The Balaban J connectivity index is 1.40. The molecule has 1 aliphatic heterocycles. The Morgan fingerprint density at radius 3 is 2.88 bits per heavy atom. The number of carbonyl (C=O) groups is 1. The monoisotopic (exact) mass is 323 g/mol. The van der Waals surface area contributed by atoms with E-state index < -0.39 is 0 Å². The first-order valence-electron chi connectivity index (χ1n) is 8.67. The van der Waals surface area contributed by atoms with Gasteiger partial charge in [-0.15, -0.1) is 0 Å². The number of likely N-dealkylation sites (tertiary alicyclic amines) is 1. The lowest BCUT2D eigenvalue weighted by molar-refractivity contribution is -0.120. The fraction of sp³-hybridized carbons (Fsp3) is 0.400. The van der Waals surface area contributed by atoms with E-state index in [-0.39, 0.29) is 5.91 Å². The highest BCUT2D eigenvalue weighted by molar-refractivity contribution is 5.78. The van der Waals surface area contributed by atoms with Crippen molar-refractivity contribution in [3.8, 4) is 0 Å². The second kappa shape index (κ2) is 8.06. The zero-order chi connectivity index (χ0) is 16.8. The van der Waals surface area contributed by atoms with Crippen molar-refractivity contribution in [1.82, 2.24) is 15.2 Å². The van der Waals surface area contributed by atoms with Gasteiger partial charge in [0, 0.05) is 31.5 Å². The highest BCUT2D eigenvalue weighted by atomic mass is 16.1. The summed E-state index contributed by atoms with van der Waals surface area (Å²) < 4.78 is 0. The molecule has 0 saturated carbocycles. The largest absolute Gasteiger partial charge is 0.354 e. The smallest absolute Gasteiger partial charge is 0.226 e. The molecule has 1 atom stereocenters. The van der Waals surface area contributed by atoms with Gasteiger partial charge in [-0.25, -0.2) is 0 Å². The van der Waals surface area contributed by atoms with Gasteiger partial charge in [-0.2, -0.15) is 0 Å². The maximum atomic E-state index is 11.9. The Kier molecular flexibility index (Phi) is 5.59. The molecule has 126 valence electrons. The molecule has 0 aliphatic carbocycles. The second-order valence-electron chi connectivity index (χ2n) is 6.49. The van der Waals surface area contributed by atoms with Crippen molar-refractivity contribution in [2.24, 2.45) is 0 Å². The predicted octanol–water partition coefficient (Wildman–Crippen LogP) is 2.54. The van der Waals surface area contributed by atoms with Gasteiger partial charge in [0.1, 0.15) is 0 Å². The number of amides is 1. The first-order valence-corrected chi connectivity index (χ1v) is 8.67. The molecule has 1 aliphatic rings. The standard InChI is InChI=1S/C20H25N3O/c1-16-6-2-3-8-19(16)17-9-12-23(15-17)13-11-22-20(24)14-18-7-4-5-10-21-18/h2-8,10,17H,9,11-15H2,1H3,(H,22,24)/t17-/m1/s1. The summed E-state index contributed by atoms with van der Waals surface area (Å²) in [5.74, 6) is 0.666. The summed E-state index contributed by atoms with van der Waals surface area (Å²) in [5, 5.41) is 3.00. The van der Waals surface area contributed by atoms with E-state index in [4.69, 9.17) is 0 Å². The van der Waals surface area contributed by atoms with Gasteiger partial charge in [-0.3, -0.25) is 9.78 Å². The van der Waals surface area contributed by atoms with Crippen molar-refractivity contribution < 1.29 is 4.79 Å². The molecule has 1 N–H and O–H groups in total. The number of aryl methyl sites for hydroxylation is 1. The summed E-state index contributed by atoms with van der Waals surface area (Å²) in [6.07, 6.45) is 3.28. The van der Waals surface area contributed by atoms with Gasteiger partial charge in [0.05, 0.1) is 6.42 Å². The van der Waals surface area contributed by atoms with E-state index in [1.165, 1.54) is 17.5 Å². The Bertz CT molecular complexity index is 672. The van der Waals surface area contributed by atoms with Gasteiger partial charge in [0.15, 0.2) is 0 Å². The molecule has 24 heavy (non-hydrogen) atoms. The molecule has 1 amide bonds. The van der Waals surface area contributed by atoms with Crippen LogP contribution in [0.15, 0.2) is 48.7 Å². The molecule has 4 nitrogen and oxygen atoms in total. The quantitative estimate of drug-likeness (QED) is 0.888. The minimum atomic E-state index is 0.0448. The Morgan fingerprint density at radius 1 is 1.25 bits per heavy atom. The third-order valence-electron chi connectivity index (χ3n) is 4.72. The molecule has 1 saturated heterocycles. The molecule has 0 bridgehead atoms. The van der Waals surface area contributed by atoms with Gasteiger partial charge in [0.25, 0.3) is 0 Å². The predicted molar refractivity (Wildman–Crippen MR) is 95.9 cm³/mol. The van der Waals surface area contributed by atoms with E-state index in [0.717, 1.165) is 25.3 Å². The fourth-order valence-corrected chi connectivity index (χ4v) is 3.42. The average Bonchev–Trinajstić information content (AvgIpc) is 3.05. The number of hydrogen-bond donors (Lipinski definition) is 1. The molecular formula is C20H25N3O. The number of nitrogens with one attached hydrogen (secondary N) is 1. The molecule has 0 unspecified atom stereocenters. The van der Waals surface area contributed by atoms with Crippen LogP contribution in [0.1, 0.15) is 29.2 Å². The maximum Gasteiger partial charge on any atom is 0.226 e. The third kappa shape index (κ3) is 4.42. The van der Waals surface area contributed by atoms with E-state index in [1.807, 2.05) is 18.2 Å². The topological polar surface area (TPSA) is 45.2 Å². The molecule has 4 heteroatoms. The second-order valence-corrected chi connectivity index (χ2v) is 6.49. The lowest BCUT2D eigenvalue weighted by atomic mass is 9.94. The summed E-state index contributed by atoms with van der Waals surface area (Å²) in [7, 11) is 0. The Morgan fingerprint density at radius 2 is 2.08 bits per heavy atom. The molecule has 3 rings (SSSR count). The Hall–Kier alpha value is -2.20. The maximum absolute atomic E-state index is 11.9. The van der Waals surface area contributed by atoms with E-state index in [9.17, 15) is 4.79 Å². The summed E-state index contributed by atoms with van der Waals surface area (Å²) in [6, 6.07) is 14.3. The summed E-state index contributed by atoms with van der Waals surface area (Å²) in [5.41, 5.74) is 3.67. The van der Waals surface area contributed by atoms with Crippen LogP contribution in [-0.4, -0.2) is 42.0 Å². The molecular weight excluding hydrogens is 298 g/mol. The lowest BCUT2D eigenvalue weighted by Crippen LogP contribution is -2.34. The Labute approximate surface area is 143 Å². The van der Waals surface area contributed by atoms with Gasteiger partial charge in [-0.1, -0.05) is 30.3 Å². The molecule has 2 heterocycles. The van der Waals surface area contributed by atoms with Crippen LogP contribution in [0.3, 0.4) is 0 Å². The van der Waals surface area contributed by atoms with Crippen molar-refractivity contribution >= 4 is 5.91 Å². The van der Waals surface area contributed by atoms with Gasteiger partial charge in [-0.05, 0) is 49.1 Å². The number of pyridine rings is 1. The van der Waals surface area contributed by atoms with Crippen molar-refractivity contribution in [1.29, 1.82) is 0 Å². The molecule has 1 fully saturated rings.